The molecule has 162 valence electrons. The zero-order chi connectivity index (χ0) is 22.9. The molecule has 1 amide bonds. The van der Waals surface area contributed by atoms with Crippen LogP contribution < -0.4 is 5.32 Å². The molecule has 0 bridgehead atoms. The molecular weight excluding hydrogens is 429 g/mol. The van der Waals surface area contributed by atoms with Gasteiger partial charge in [0.1, 0.15) is 0 Å². The first-order chi connectivity index (χ1) is 13.6. The highest BCUT2D eigenvalue weighted by Crippen LogP contribution is 2.37. The second-order valence-electron chi connectivity index (χ2n) is 6.79. The Labute approximate surface area is 169 Å². The van der Waals surface area contributed by atoms with E-state index in [1.807, 2.05) is 5.32 Å². The molecule has 0 aliphatic rings. The molecule has 2 aromatic rings. The first-order valence-corrected chi connectivity index (χ1v) is 9.97. The Morgan fingerprint density at radius 3 is 2.37 bits per heavy atom. The number of nitro benzene ring substituents is 1. The van der Waals surface area contributed by atoms with Crippen LogP contribution in [-0.2, 0) is 20.8 Å². The average Bonchev–Trinajstić information content (AvgIpc) is 2.60. The maximum Gasteiger partial charge on any atom is 0.418 e. The number of aliphatic hydroxyl groups is 1. The number of anilines is 1. The lowest BCUT2D eigenvalue weighted by Crippen LogP contribution is -2.46. The van der Waals surface area contributed by atoms with Gasteiger partial charge in [0.05, 0.1) is 26.8 Å². The first kappa shape index (κ1) is 23.3. The van der Waals surface area contributed by atoms with Gasteiger partial charge in [0.25, 0.3) is 11.6 Å². The van der Waals surface area contributed by atoms with Crippen molar-refractivity contribution in [3.8, 4) is 0 Å². The van der Waals surface area contributed by atoms with Gasteiger partial charge in [-0.1, -0.05) is 12.1 Å². The molecule has 0 aromatic heterocycles. The number of alkyl halides is 3. The Balaban J connectivity index is 2.33. The normalized spacial score (nSPS) is 14.1. The summed E-state index contributed by atoms with van der Waals surface area (Å²) in [5.41, 5.74) is -5.20. The Morgan fingerprint density at radius 1 is 1.20 bits per heavy atom. The fourth-order valence-corrected chi connectivity index (χ4v) is 4.26. The van der Waals surface area contributed by atoms with E-state index in [1.165, 1.54) is 18.2 Å². The number of hydrogen-bond acceptors (Lipinski definition) is 6. The number of rotatable bonds is 6. The van der Waals surface area contributed by atoms with Gasteiger partial charge >= 0.3 is 6.18 Å². The average molecular weight is 446 g/mol. The van der Waals surface area contributed by atoms with Crippen LogP contribution in [0.3, 0.4) is 0 Å². The van der Waals surface area contributed by atoms with Gasteiger partial charge in [-0.15, -0.1) is 0 Å². The van der Waals surface area contributed by atoms with Gasteiger partial charge in [-0.2, -0.15) is 13.2 Å². The lowest BCUT2D eigenvalue weighted by molar-refractivity contribution is -0.385. The van der Waals surface area contributed by atoms with E-state index in [0.29, 0.717) is 11.6 Å². The summed E-state index contributed by atoms with van der Waals surface area (Å²) in [7, 11) is -4.16. The number of hydrogen-bond donors (Lipinski definition) is 2. The number of non-ortho nitro benzene ring substituents is 1. The van der Waals surface area contributed by atoms with E-state index in [2.05, 4.69) is 0 Å². The number of nitrogens with zero attached hydrogens (tertiary/aromatic N) is 1. The van der Waals surface area contributed by atoms with Crippen LogP contribution in [-0.4, -0.2) is 35.7 Å². The van der Waals surface area contributed by atoms with Crippen molar-refractivity contribution in [1.29, 1.82) is 0 Å². The summed E-state index contributed by atoms with van der Waals surface area (Å²) in [5.74, 6) is -2.51. The van der Waals surface area contributed by atoms with Crippen LogP contribution in [0.2, 0.25) is 0 Å². The third-order valence-electron chi connectivity index (χ3n) is 4.08. The number of nitrogens with one attached hydrogen (secondary N) is 1. The fourth-order valence-electron chi connectivity index (χ4n) is 2.57. The Kier molecular flexibility index (Phi) is 6.23. The second kappa shape index (κ2) is 8.03. The largest absolute Gasteiger partial charge is 0.418 e. The van der Waals surface area contributed by atoms with Gasteiger partial charge in [0.15, 0.2) is 15.4 Å². The highest BCUT2D eigenvalue weighted by molar-refractivity contribution is 7.91. The third kappa shape index (κ3) is 5.33. The van der Waals surface area contributed by atoms with Gasteiger partial charge in [-0.3, -0.25) is 14.9 Å². The predicted molar refractivity (Wildman–Crippen MR) is 101 cm³/mol. The molecule has 0 radical (unpaired) electrons. The smallest absolute Gasteiger partial charge is 0.379 e. The quantitative estimate of drug-likeness (QED) is 0.519. The summed E-state index contributed by atoms with van der Waals surface area (Å²) in [4.78, 5) is 21.9. The monoisotopic (exact) mass is 446 g/mol. The molecule has 0 aliphatic carbocycles. The summed E-state index contributed by atoms with van der Waals surface area (Å²) in [6.07, 6.45) is -5.05. The van der Waals surface area contributed by atoms with E-state index in [4.69, 9.17) is 0 Å². The summed E-state index contributed by atoms with van der Waals surface area (Å²) in [6, 6.07) is 7.30. The van der Waals surface area contributed by atoms with E-state index < -0.39 is 55.1 Å². The fraction of sp³-hybridized carbons (Fsp3) is 0.278. The minimum Gasteiger partial charge on any atom is -0.379 e. The minimum atomic E-state index is -5.05. The van der Waals surface area contributed by atoms with Crippen molar-refractivity contribution in [2.24, 2.45) is 0 Å². The first-order valence-electron chi connectivity index (χ1n) is 8.32. The number of benzene rings is 2. The third-order valence-corrected chi connectivity index (χ3v) is 5.99. The number of nitro groups is 1. The Bertz CT molecular complexity index is 1100. The molecule has 12 heteroatoms. The zero-order valence-electron chi connectivity index (χ0n) is 15.7. The van der Waals surface area contributed by atoms with Crippen molar-refractivity contribution in [2.75, 3.05) is 11.1 Å². The topological polar surface area (TPSA) is 127 Å². The summed E-state index contributed by atoms with van der Waals surface area (Å²) < 4.78 is 64.7. The maximum atomic E-state index is 13.2. The molecule has 2 rings (SSSR count). The van der Waals surface area contributed by atoms with E-state index in [1.54, 1.807) is 13.0 Å². The summed E-state index contributed by atoms with van der Waals surface area (Å²) in [5, 5.41) is 22.9. The number of sulfone groups is 1. The van der Waals surface area contributed by atoms with Crippen LogP contribution in [0.4, 0.5) is 24.5 Å². The number of aryl methyl sites for hydroxylation is 1. The molecule has 2 aromatic carbocycles. The van der Waals surface area contributed by atoms with Crippen molar-refractivity contribution in [3.63, 3.8) is 0 Å². The van der Waals surface area contributed by atoms with Crippen LogP contribution in [0.15, 0.2) is 47.4 Å². The van der Waals surface area contributed by atoms with Crippen LogP contribution in [0.25, 0.3) is 0 Å². The lowest BCUT2D eigenvalue weighted by atomic mass is 10.1. The summed E-state index contributed by atoms with van der Waals surface area (Å²) in [6.45, 7) is 2.48. The maximum absolute atomic E-state index is 13.2. The molecule has 1 unspecified atom stereocenters. The number of carbonyl (C=O) groups is 1. The van der Waals surface area contributed by atoms with E-state index in [9.17, 15) is 41.6 Å². The lowest BCUT2D eigenvalue weighted by Gasteiger charge is -2.23. The molecular formula is C18H17F3N2O6S. The Hall–Kier alpha value is -2.99. The Morgan fingerprint density at radius 2 is 1.83 bits per heavy atom. The molecule has 0 heterocycles. The minimum absolute atomic E-state index is 0.165. The summed E-state index contributed by atoms with van der Waals surface area (Å²) >= 11 is 0. The van der Waals surface area contributed by atoms with E-state index in [0.717, 1.165) is 13.0 Å². The van der Waals surface area contributed by atoms with E-state index in [-0.39, 0.29) is 11.0 Å². The predicted octanol–water partition coefficient (Wildman–Crippen LogP) is 3.09. The van der Waals surface area contributed by atoms with Crippen molar-refractivity contribution < 1.29 is 36.4 Å². The zero-order valence-corrected chi connectivity index (χ0v) is 16.5. The molecule has 0 saturated heterocycles. The van der Waals surface area contributed by atoms with Gasteiger partial charge in [-0.25, -0.2) is 8.42 Å². The van der Waals surface area contributed by atoms with Crippen molar-refractivity contribution in [2.45, 2.75) is 30.5 Å². The van der Waals surface area contributed by atoms with Gasteiger partial charge in [-0.05, 0) is 37.6 Å². The van der Waals surface area contributed by atoms with Gasteiger partial charge in [0, 0.05) is 12.1 Å². The van der Waals surface area contributed by atoms with Gasteiger partial charge < -0.3 is 10.4 Å². The van der Waals surface area contributed by atoms with Crippen LogP contribution in [0.1, 0.15) is 18.1 Å². The van der Waals surface area contributed by atoms with E-state index >= 15 is 0 Å². The molecule has 0 fully saturated rings. The number of amides is 1. The van der Waals surface area contributed by atoms with Crippen molar-refractivity contribution in [3.05, 3.63) is 63.7 Å². The molecule has 30 heavy (non-hydrogen) atoms. The number of halogens is 3. The van der Waals surface area contributed by atoms with Crippen molar-refractivity contribution in [1.82, 2.24) is 0 Å². The molecule has 0 spiro atoms. The molecule has 1 atom stereocenters. The SMILES string of the molecule is Cc1cccc(S(=O)(=O)CC(C)(O)C(=O)Nc2ccc([N+](=O)[O-])cc2C(F)(F)F)c1. The second-order valence-corrected chi connectivity index (χ2v) is 8.78. The number of carbonyl (C=O) groups excluding carboxylic acids is 1. The highest BCUT2D eigenvalue weighted by atomic mass is 32.2. The molecule has 0 saturated carbocycles. The standard InChI is InChI=1S/C18H17F3N2O6S/c1-11-4-3-5-13(8-11)30(28,29)10-17(2,25)16(24)22-15-7-6-12(23(26)27)9-14(15)18(19,20)21/h3-9,25H,10H2,1-2H3,(H,22,24). The van der Waals surface area contributed by atoms with Crippen LogP contribution in [0.5, 0.6) is 0 Å². The highest BCUT2D eigenvalue weighted by Gasteiger charge is 2.40. The van der Waals surface area contributed by atoms with Crippen molar-refractivity contribution >= 4 is 27.1 Å². The van der Waals surface area contributed by atoms with Crippen LogP contribution in [0, 0.1) is 17.0 Å². The van der Waals surface area contributed by atoms with Crippen LogP contribution >= 0.6 is 0 Å². The molecule has 2 N–H and O–H groups in total. The molecule has 8 nitrogen and oxygen atoms in total. The van der Waals surface area contributed by atoms with Gasteiger partial charge in [0.2, 0.25) is 0 Å². The molecule has 0 aliphatic heterocycles.